The first kappa shape index (κ1) is 14.4. The molecule has 4 rings (SSSR count). The Bertz CT molecular complexity index is 975. The van der Waals surface area contributed by atoms with Crippen LogP contribution in [0.2, 0.25) is 0 Å². The SMILES string of the molecule is Cc1ccncc1-c1cc(NCc2ccccn2)nc2[nH]ccc12. The van der Waals surface area contributed by atoms with E-state index < -0.39 is 0 Å². The van der Waals surface area contributed by atoms with Crippen molar-refractivity contribution < 1.29 is 0 Å². The first-order valence-electron chi connectivity index (χ1n) is 7.84. The van der Waals surface area contributed by atoms with Gasteiger partial charge in [0.1, 0.15) is 11.5 Å². The Morgan fingerprint density at radius 2 is 2.04 bits per heavy atom. The van der Waals surface area contributed by atoms with Crippen molar-refractivity contribution in [2.75, 3.05) is 5.32 Å². The Kier molecular flexibility index (Phi) is 3.67. The summed E-state index contributed by atoms with van der Waals surface area (Å²) in [5.74, 6) is 0.814. The van der Waals surface area contributed by atoms with Crippen LogP contribution < -0.4 is 5.32 Å². The van der Waals surface area contributed by atoms with Gasteiger partial charge in [-0.05, 0) is 48.4 Å². The second-order valence-electron chi connectivity index (χ2n) is 5.66. The van der Waals surface area contributed by atoms with E-state index in [1.807, 2.05) is 48.9 Å². The molecular formula is C19H17N5. The second kappa shape index (κ2) is 6.12. The number of H-pyrrole nitrogens is 1. The second-order valence-corrected chi connectivity index (χ2v) is 5.66. The molecule has 5 nitrogen and oxygen atoms in total. The minimum Gasteiger partial charge on any atom is -0.364 e. The smallest absolute Gasteiger partial charge is 0.140 e. The number of nitrogens with zero attached hydrogens (tertiary/aromatic N) is 3. The number of fused-ring (bicyclic) bond motifs is 1. The van der Waals surface area contributed by atoms with Crippen LogP contribution >= 0.6 is 0 Å². The van der Waals surface area contributed by atoms with Crippen molar-refractivity contribution in [2.24, 2.45) is 0 Å². The highest BCUT2D eigenvalue weighted by Gasteiger charge is 2.11. The molecule has 0 aliphatic rings. The molecule has 24 heavy (non-hydrogen) atoms. The zero-order chi connectivity index (χ0) is 16.4. The number of aromatic nitrogens is 4. The van der Waals surface area contributed by atoms with E-state index in [1.54, 1.807) is 6.20 Å². The van der Waals surface area contributed by atoms with Gasteiger partial charge in [0, 0.05) is 35.7 Å². The van der Waals surface area contributed by atoms with Gasteiger partial charge in [-0.3, -0.25) is 9.97 Å². The van der Waals surface area contributed by atoms with E-state index in [9.17, 15) is 0 Å². The van der Waals surface area contributed by atoms with Crippen molar-refractivity contribution in [1.82, 2.24) is 19.9 Å². The number of pyridine rings is 3. The molecule has 0 amide bonds. The summed E-state index contributed by atoms with van der Waals surface area (Å²) >= 11 is 0. The minimum atomic E-state index is 0.630. The van der Waals surface area contributed by atoms with E-state index in [0.29, 0.717) is 6.54 Å². The first-order chi connectivity index (χ1) is 11.8. The molecule has 0 radical (unpaired) electrons. The van der Waals surface area contributed by atoms with Gasteiger partial charge in [-0.15, -0.1) is 0 Å². The van der Waals surface area contributed by atoms with Crippen molar-refractivity contribution in [3.05, 3.63) is 72.4 Å². The van der Waals surface area contributed by atoms with Crippen LogP contribution in [0.3, 0.4) is 0 Å². The summed E-state index contributed by atoms with van der Waals surface area (Å²) in [4.78, 5) is 16.5. The lowest BCUT2D eigenvalue weighted by atomic mass is 10.0. The molecule has 2 N–H and O–H groups in total. The van der Waals surface area contributed by atoms with Gasteiger partial charge in [-0.2, -0.15) is 0 Å². The van der Waals surface area contributed by atoms with E-state index >= 15 is 0 Å². The summed E-state index contributed by atoms with van der Waals surface area (Å²) in [6, 6.07) is 12.0. The van der Waals surface area contributed by atoms with E-state index in [1.165, 1.54) is 5.56 Å². The highest BCUT2D eigenvalue weighted by atomic mass is 15.0. The van der Waals surface area contributed by atoms with Crippen LogP contribution in [0.5, 0.6) is 0 Å². The fourth-order valence-electron chi connectivity index (χ4n) is 2.78. The molecular weight excluding hydrogens is 298 g/mol. The van der Waals surface area contributed by atoms with Crippen molar-refractivity contribution in [3.8, 4) is 11.1 Å². The Labute approximate surface area is 139 Å². The number of aryl methyl sites for hydroxylation is 1. The van der Waals surface area contributed by atoms with Gasteiger partial charge >= 0.3 is 0 Å². The van der Waals surface area contributed by atoms with Gasteiger partial charge < -0.3 is 10.3 Å². The number of hydrogen-bond acceptors (Lipinski definition) is 4. The molecule has 0 unspecified atom stereocenters. The third-order valence-electron chi connectivity index (χ3n) is 4.03. The van der Waals surface area contributed by atoms with Crippen molar-refractivity contribution in [3.63, 3.8) is 0 Å². The lowest BCUT2D eigenvalue weighted by molar-refractivity contribution is 1.03. The van der Waals surface area contributed by atoms with Gasteiger partial charge in [0.05, 0.1) is 12.2 Å². The van der Waals surface area contributed by atoms with Gasteiger partial charge in [-0.1, -0.05) is 6.07 Å². The van der Waals surface area contributed by atoms with Gasteiger partial charge in [-0.25, -0.2) is 4.98 Å². The molecule has 0 atom stereocenters. The predicted octanol–water partition coefficient (Wildman–Crippen LogP) is 3.94. The zero-order valence-corrected chi connectivity index (χ0v) is 13.3. The van der Waals surface area contributed by atoms with Crippen LogP contribution in [0, 0.1) is 6.92 Å². The van der Waals surface area contributed by atoms with Crippen molar-refractivity contribution >= 4 is 16.9 Å². The maximum absolute atomic E-state index is 4.65. The van der Waals surface area contributed by atoms with Gasteiger partial charge in [0.2, 0.25) is 0 Å². The maximum atomic E-state index is 4.65. The summed E-state index contributed by atoms with van der Waals surface area (Å²) in [5.41, 5.74) is 5.26. The van der Waals surface area contributed by atoms with Crippen LogP contribution in [0.4, 0.5) is 5.82 Å². The summed E-state index contributed by atoms with van der Waals surface area (Å²) in [7, 11) is 0. The maximum Gasteiger partial charge on any atom is 0.140 e. The Morgan fingerprint density at radius 1 is 1.08 bits per heavy atom. The van der Waals surface area contributed by atoms with Crippen molar-refractivity contribution in [2.45, 2.75) is 13.5 Å². The zero-order valence-electron chi connectivity index (χ0n) is 13.3. The van der Waals surface area contributed by atoms with Crippen LogP contribution in [-0.2, 0) is 6.54 Å². The normalized spacial score (nSPS) is 10.9. The topological polar surface area (TPSA) is 66.5 Å². The molecule has 0 fully saturated rings. The quantitative estimate of drug-likeness (QED) is 0.598. The molecule has 118 valence electrons. The standard InChI is InChI=1S/C19H17N5/c1-13-5-8-20-12-17(13)16-10-18(24-19-15(16)6-9-22-19)23-11-14-4-2-3-7-21-14/h2-10,12H,11H2,1H3,(H2,22,23,24). The molecule has 0 aliphatic carbocycles. The summed E-state index contributed by atoms with van der Waals surface area (Å²) in [6.07, 6.45) is 7.42. The lowest BCUT2D eigenvalue weighted by Crippen LogP contribution is -2.03. The van der Waals surface area contributed by atoms with E-state index in [2.05, 4.69) is 38.2 Å². The number of nitrogens with one attached hydrogen (secondary N) is 2. The third kappa shape index (κ3) is 2.72. The van der Waals surface area contributed by atoms with Crippen LogP contribution in [0.1, 0.15) is 11.3 Å². The summed E-state index contributed by atoms with van der Waals surface area (Å²) < 4.78 is 0. The Hall–Kier alpha value is -3.21. The molecule has 4 aromatic rings. The molecule has 0 saturated heterocycles. The minimum absolute atomic E-state index is 0.630. The van der Waals surface area contributed by atoms with E-state index in [0.717, 1.165) is 33.7 Å². The van der Waals surface area contributed by atoms with Crippen molar-refractivity contribution in [1.29, 1.82) is 0 Å². The van der Waals surface area contributed by atoms with E-state index in [-0.39, 0.29) is 0 Å². The average Bonchev–Trinajstić information content (AvgIpc) is 3.09. The monoisotopic (exact) mass is 315 g/mol. The molecule has 0 spiro atoms. The first-order valence-corrected chi connectivity index (χ1v) is 7.84. The average molecular weight is 315 g/mol. The Balaban J connectivity index is 1.74. The predicted molar refractivity (Wildman–Crippen MR) is 95.6 cm³/mol. The Morgan fingerprint density at radius 3 is 2.88 bits per heavy atom. The largest absolute Gasteiger partial charge is 0.364 e. The lowest BCUT2D eigenvalue weighted by Gasteiger charge is -2.11. The number of aromatic amines is 1. The van der Waals surface area contributed by atoms with Crippen LogP contribution in [0.25, 0.3) is 22.2 Å². The number of rotatable bonds is 4. The molecule has 0 aliphatic heterocycles. The van der Waals surface area contributed by atoms with Gasteiger partial charge in [0.15, 0.2) is 0 Å². The molecule has 4 aromatic heterocycles. The molecule has 0 saturated carbocycles. The summed E-state index contributed by atoms with van der Waals surface area (Å²) in [6.45, 7) is 2.72. The highest BCUT2D eigenvalue weighted by molar-refractivity contribution is 5.95. The third-order valence-corrected chi connectivity index (χ3v) is 4.03. The number of anilines is 1. The highest BCUT2D eigenvalue weighted by Crippen LogP contribution is 2.31. The molecule has 0 bridgehead atoms. The summed E-state index contributed by atoms with van der Waals surface area (Å²) in [5, 5.41) is 4.45. The molecule has 5 heteroatoms. The van der Waals surface area contributed by atoms with E-state index in [4.69, 9.17) is 0 Å². The fraction of sp³-hybridized carbons (Fsp3) is 0.105. The number of hydrogen-bond donors (Lipinski definition) is 2. The van der Waals surface area contributed by atoms with Crippen LogP contribution in [-0.4, -0.2) is 19.9 Å². The van der Waals surface area contributed by atoms with Crippen LogP contribution in [0.15, 0.2) is 61.2 Å². The molecule has 4 heterocycles. The van der Waals surface area contributed by atoms with Gasteiger partial charge in [0.25, 0.3) is 0 Å². The molecule has 0 aromatic carbocycles. The fourth-order valence-corrected chi connectivity index (χ4v) is 2.78.